The van der Waals surface area contributed by atoms with Crippen LogP contribution < -0.4 is 0 Å². The van der Waals surface area contributed by atoms with Crippen LogP contribution in [0.4, 0.5) is 0 Å². The van der Waals surface area contributed by atoms with Crippen molar-refractivity contribution in [1.82, 2.24) is 5.01 Å². The third-order valence-corrected chi connectivity index (χ3v) is 8.60. The van der Waals surface area contributed by atoms with E-state index in [9.17, 15) is 9.59 Å². The van der Waals surface area contributed by atoms with E-state index in [0.717, 1.165) is 54.5 Å². The van der Waals surface area contributed by atoms with Gasteiger partial charge in [-0.05, 0) is 91.0 Å². The monoisotopic (exact) mass is 534 g/mol. The van der Waals surface area contributed by atoms with Gasteiger partial charge in [0.05, 0.1) is 17.7 Å². The number of nitrogens with zero attached hydrogens (tertiary/aromatic N) is 2. The first-order valence-electron chi connectivity index (χ1n) is 12.9. The highest BCUT2D eigenvalue weighted by Gasteiger charge is 2.45. The zero-order valence-corrected chi connectivity index (χ0v) is 21.9. The van der Waals surface area contributed by atoms with Crippen LogP contribution in [0.1, 0.15) is 49.3 Å². The molecule has 1 heterocycles. The number of hydrogen-bond acceptors (Lipinski definition) is 4. The minimum Gasteiger partial charge on any atom is -0.455 e. The Hall–Kier alpha value is -2.89. The third-order valence-electron chi connectivity index (χ3n) is 8.10. The van der Waals surface area contributed by atoms with Crippen molar-refractivity contribution in [2.75, 3.05) is 6.61 Å². The smallest absolute Gasteiger partial charge is 0.310 e. The van der Waals surface area contributed by atoms with E-state index in [1.807, 2.05) is 48.5 Å². The Labute approximate surface area is 226 Å². The minimum absolute atomic E-state index is 0.0591. The molecule has 2 aromatic rings. The van der Waals surface area contributed by atoms with Crippen molar-refractivity contribution in [3.8, 4) is 0 Å². The van der Waals surface area contributed by atoms with Crippen molar-refractivity contribution in [1.29, 1.82) is 0 Å². The van der Waals surface area contributed by atoms with Gasteiger partial charge in [0.2, 0.25) is 0 Å². The van der Waals surface area contributed by atoms with Crippen LogP contribution in [0, 0.1) is 23.7 Å². The van der Waals surface area contributed by atoms with Crippen molar-refractivity contribution in [3.63, 3.8) is 0 Å². The number of hydrogen-bond donors (Lipinski definition) is 0. The topological polar surface area (TPSA) is 59.0 Å². The van der Waals surface area contributed by atoms with Gasteiger partial charge >= 0.3 is 5.97 Å². The first-order valence-corrected chi connectivity index (χ1v) is 13.7. The van der Waals surface area contributed by atoms with Crippen LogP contribution in [0.2, 0.25) is 10.0 Å². The molecule has 2 fully saturated rings. The van der Waals surface area contributed by atoms with Gasteiger partial charge in [-0.3, -0.25) is 9.59 Å². The minimum atomic E-state index is -0.306. The Kier molecular flexibility index (Phi) is 6.68. The van der Waals surface area contributed by atoms with E-state index in [1.54, 1.807) is 0 Å². The van der Waals surface area contributed by atoms with Crippen LogP contribution in [0.5, 0.6) is 0 Å². The number of allylic oxidation sites excluding steroid dienone is 3. The van der Waals surface area contributed by atoms with E-state index in [0.29, 0.717) is 16.0 Å². The zero-order valence-electron chi connectivity index (χ0n) is 20.4. The summed E-state index contributed by atoms with van der Waals surface area (Å²) in [4.78, 5) is 26.3. The molecule has 2 aromatic carbocycles. The second-order valence-corrected chi connectivity index (χ2v) is 11.3. The molecule has 2 bridgehead atoms. The quantitative estimate of drug-likeness (QED) is 0.310. The van der Waals surface area contributed by atoms with Crippen LogP contribution in [-0.2, 0) is 14.3 Å². The first-order chi connectivity index (χ1) is 18.0. The van der Waals surface area contributed by atoms with Gasteiger partial charge in [-0.15, -0.1) is 0 Å². The number of fused-ring (bicyclic) bond motifs is 3. The molecule has 5 nitrogen and oxygen atoms in total. The highest BCUT2D eigenvalue weighted by molar-refractivity contribution is 6.30. The average molecular weight is 535 g/mol. The van der Waals surface area contributed by atoms with E-state index in [4.69, 9.17) is 33.0 Å². The Balaban J connectivity index is 1.26. The number of amides is 1. The highest BCUT2D eigenvalue weighted by atomic mass is 35.5. The van der Waals surface area contributed by atoms with Gasteiger partial charge in [0.15, 0.2) is 6.61 Å². The van der Waals surface area contributed by atoms with Gasteiger partial charge in [0.1, 0.15) is 0 Å². The lowest BCUT2D eigenvalue weighted by atomic mass is 9.77. The van der Waals surface area contributed by atoms with Crippen molar-refractivity contribution in [3.05, 3.63) is 87.4 Å². The molecule has 1 aliphatic heterocycles. The predicted molar refractivity (Wildman–Crippen MR) is 145 cm³/mol. The van der Waals surface area contributed by atoms with E-state index >= 15 is 0 Å². The van der Waals surface area contributed by atoms with Crippen LogP contribution >= 0.6 is 23.2 Å². The number of halogens is 2. The summed E-state index contributed by atoms with van der Waals surface area (Å²) in [6, 6.07) is 15.0. The second-order valence-electron chi connectivity index (χ2n) is 10.4. The zero-order chi connectivity index (χ0) is 25.5. The average Bonchev–Trinajstić information content (AvgIpc) is 3.64. The fourth-order valence-corrected chi connectivity index (χ4v) is 6.57. The largest absolute Gasteiger partial charge is 0.455 e. The molecule has 190 valence electrons. The predicted octanol–water partition coefficient (Wildman–Crippen LogP) is 6.87. The van der Waals surface area contributed by atoms with Crippen LogP contribution in [0.3, 0.4) is 0 Å². The molecular weight excluding hydrogens is 507 g/mol. The lowest BCUT2D eigenvalue weighted by Gasteiger charge is -2.29. The summed E-state index contributed by atoms with van der Waals surface area (Å²) >= 11 is 12.2. The second kappa shape index (κ2) is 10.1. The number of esters is 1. The summed E-state index contributed by atoms with van der Waals surface area (Å²) in [5, 5.41) is 7.74. The Morgan fingerprint density at radius 3 is 2.41 bits per heavy atom. The maximum absolute atomic E-state index is 13.5. The van der Waals surface area contributed by atoms with E-state index in [2.05, 4.69) is 18.2 Å². The lowest BCUT2D eigenvalue weighted by Crippen LogP contribution is -2.35. The lowest BCUT2D eigenvalue weighted by molar-refractivity contribution is -0.157. The Morgan fingerprint density at radius 2 is 1.73 bits per heavy atom. The standard InChI is InChI=1S/C30H28Cl2N2O3/c31-23-10-5-18(6-11-23)14-22-2-1-3-25-28(22)33-34(29(25)20-8-12-24(32)13-9-20)27(35)17-37-30(36)26-16-19-4-7-21(26)15-19/h4-14,19,21,25-26,29H,1-3,15-17H2. The number of rotatable bonds is 5. The maximum atomic E-state index is 13.5. The van der Waals surface area contributed by atoms with Gasteiger partial charge < -0.3 is 4.74 Å². The molecule has 0 radical (unpaired) electrons. The van der Waals surface area contributed by atoms with Gasteiger partial charge in [-0.25, -0.2) is 5.01 Å². The summed E-state index contributed by atoms with van der Waals surface area (Å²) in [5.41, 5.74) is 4.07. The summed E-state index contributed by atoms with van der Waals surface area (Å²) in [7, 11) is 0. The van der Waals surface area contributed by atoms with Gasteiger partial charge in [0, 0.05) is 16.0 Å². The van der Waals surface area contributed by atoms with E-state index in [-0.39, 0.29) is 42.3 Å². The molecule has 1 amide bonds. The number of benzene rings is 2. The normalized spacial score (nSPS) is 28.9. The van der Waals surface area contributed by atoms with Gasteiger partial charge in [-0.2, -0.15) is 5.10 Å². The third kappa shape index (κ3) is 4.87. The molecule has 7 heteroatoms. The number of ether oxygens (including phenoxy) is 1. The van der Waals surface area contributed by atoms with Crippen molar-refractivity contribution >= 4 is 46.9 Å². The summed E-state index contributed by atoms with van der Waals surface area (Å²) in [6.45, 7) is -0.305. The molecule has 0 N–H and O–H groups in total. The molecule has 4 aliphatic rings. The molecular formula is C30H28Cl2N2O3. The van der Waals surface area contributed by atoms with Crippen LogP contribution in [0.15, 0.2) is 71.4 Å². The van der Waals surface area contributed by atoms with Crippen molar-refractivity contribution < 1.29 is 14.3 Å². The number of hydrazone groups is 1. The Bertz CT molecular complexity index is 1300. The fourth-order valence-electron chi connectivity index (χ4n) is 6.32. The summed E-state index contributed by atoms with van der Waals surface area (Å²) in [6.07, 6.45) is 11.1. The van der Waals surface area contributed by atoms with Crippen molar-refractivity contribution in [2.45, 2.75) is 38.1 Å². The Morgan fingerprint density at radius 1 is 1.00 bits per heavy atom. The van der Waals surface area contributed by atoms with Gasteiger partial charge in [0.25, 0.3) is 5.91 Å². The summed E-state index contributed by atoms with van der Waals surface area (Å²) in [5.74, 6) is 0.0389. The molecule has 0 spiro atoms. The fraction of sp³-hybridized carbons (Fsp3) is 0.367. The van der Waals surface area contributed by atoms with E-state index < -0.39 is 0 Å². The number of carbonyl (C=O) groups is 2. The maximum Gasteiger partial charge on any atom is 0.310 e. The van der Waals surface area contributed by atoms with Crippen molar-refractivity contribution in [2.24, 2.45) is 28.8 Å². The first kappa shape index (κ1) is 24.4. The summed E-state index contributed by atoms with van der Waals surface area (Å²) < 4.78 is 5.56. The number of carbonyl (C=O) groups excluding carboxylic acids is 2. The van der Waals surface area contributed by atoms with Crippen LogP contribution in [0.25, 0.3) is 6.08 Å². The molecule has 37 heavy (non-hydrogen) atoms. The molecule has 6 rings (SSSR count). The van der Waals surface area contributed by atoms with Gasteiger partial charge in [-0.1, -0.05) is 59.6 Å². The molecule has 0 saturated heterocycles. The molecule has 3 aliphatic carbocycles. The molecule has 0 aromatic heterocycles. The molecule has 2 saturated carbocycles. The SMILES string of the molecule is O=C(OCC(=O)N1N=C2C(=Cc3ccc(Cl)cc3)CCCC2C1c1ccc(Cl)cc1)C1CC2C=CC1C2. The molecule has 5 unspecified atom stereocenters. The highest BCUT2D eigenvalue weighted by Crippen LogP contribution is 2.45. The molecule has 5 atom stereocenters. The van der Waals surface area contributed by atoms with E-state index in [1.165, 1.54) is 5.01 Å². The van der Waals surface area contributed by atoms with Crippen LogP contribution in [-0.4, -0.2) is 29.2 Å².